The van der Waals surface area contributed by atoms with E-state index in [0.717, 1.165) is 0 Å². The molecule has 0 radical (unpaired) electrons. The molecule has 0 saturated carbocycles. The largest absolute Gasteiger partial charge is 0.449 e. The highest BCUT2D eigenvalue weighted by atomic mass is 16.6. The average molecular weight is 474 g/mol. The molecule has 1 amide bonds. The second-order valence-electron chi connectivity index (χ2n) is 7.80. The summed E-state index contributed by atoms with van der Waals surface area (Å²) >= 11 is 0. The standard InChI is InChI=1S/C26H22N2O7/c1-16-12-13-20(21(14-16)28(31)32)27-25(29)23(17-8-4-3-5-9-17)35-26(30)24-19(15-33-2)18-10-6-7-11-22(18)34-24/h3-14,23H,15H2,1-2H3,(H,27,29). The fourth-order valence-corrected chi connectivity index (χ4v) is 3.71. The lowest BCUT2D eigenvalue weighted by Gasteiger charge is -2.18. The lowest BCUT2D eigenvalue weighted by Crippen LogP contribution is -2.26. The zero-order valence-electron chi connectivity index (χ0n) is 19.0. The predicted molar refractivity (Wildman–Crippen MR) is 128 cm³/mol. The van der Waals surface area contributed by atoms with Crippen LogP contribution in [0.25, 0.3) is 11.0 Å². The van der Waals surface area contributed by atoms with Gasteiger partial charge in [-0.2, -0.15) is 0 Å². The number of benzene rings is 3. The van der Waals surface area contributed by atoms with Crippen molar-refractivity contribution in [2.24, 2.45) is 0 Å². The number of esters is 1. The third-order valence-electron chi connectivity index (χ3n) is 5.35. The van der Waals surface area contributed by atoms with Crippen LogP contribution in [0.4, 0.5) is 11.4 Å². The summed E-state index contributed by atoms with van der Waals surface area (Å²) in [6.45, 7) is 1.80. The van der Waals surface area contributed by atoms with Crippen LogP contribution in [-0.2, 0) is 20.9 Å². The van der Waals surface area contributed by atoms with Crippen molar-refractivity contribution in [3.63, 3.8) is 0 Å². The second kappa shape index (κ2) is 10.2. The third-order valence-corrected chi connectivity index (χ3v) is 5.35. The Morgan fingerprint density at radius 2 is 1.77 bits per heavy atom. The van der Waals surface area contributed by atoms with Crippen LogP contribution in [0.3, 0.4) is 0 Å². The van der Waals surface area contributed by atoms with Crippen molar-refractivity contribution < 1.29 is 28.4 Å². The van der Waals surface area contributed by atoms with Crippen LogP contribution >= 0.6 is 0 Å². The molecule has 9 nitrogen and oxygen atoms in total. The van der Waals surface area contributed by atoms with Gasteiger partial charge < -0.3 is 19.2 Å². The SMILES string of the molecule is COCc1c(C(=O)OC(C(=O)Nc2ccc(C)cc2[N+](=O)[O-])c2ccccc2)oc2ccccc12. The fourth-order valence-electron chi connectivity index (χ4n) is 3.71. The van der Waals surface area contributed by atoms with Gasteiger partial charge in [-0.25, -0.2) is 4.79 Å². The molecule has 0 saturated heterocycles. The number of hydrogen-bond donors (Lipinski definition) is 1. The van der Waals surface area contributed by atoms with Crippen molar-refractivity contribution in [3.05, 3.63) is 105 Å². The summed E-state index contributed by atoms with van der Waals surface area (Å²) < 4.78 is 16.6. The van der Waals surface area contributed by atoms with Gasteiger partial charge in [0.15, 0.2) is 0 Å². The van der Waals surface area contributed by atoms with E-state index in [2.05, 4.69) is 5.32 Å². The summed E-state index contributed by atoms with van der Waals surface area (Å²) in [5.74, 6) is -1.69. The molecule has 0 bridgehead atoms. The number of aryl methyl sites for hydroxylation is 1. The molecule has 1 N–H and O–H groups in total. The molecule has 1 unspecified atom stereocenters. The van der Waals surface area contributed by atoms with Crippen molar-refractivity contribution in [2.75, 3.05) is 12.4 Å². The van der Waals surface area contributed by atoms with Gasteiger partial charge in [-0.1, -0.05) is 54.6 Å². The maximum Gasteiger partial charge on any atom is 0.375 e. The highest BCUT2D eigenvalue weighted by molar-refractivity contribution is 6.00. The summed E-state index contributed by atoms with van der Waals surface area (Å²) in [6.07, 6.45) is -1.40. The Labute approximate surface area is 200 Å². The van der Waals surface area contributed by atoms with Crippen molar-refractivity contribution in [1.29, 1.82) is 0 Å². The molecule has 35 heavy (non-hydrogen) atoms. The van der Waals surface area contributed by atoms with E-state index >= 15 is 0 Å². The number of methoxy groups -OCH3 is 1. The molecule has 178 valence electrons. The lowest BCUT2D eigenvalue weighted by molar-refractivity contribution is -0.384. The Kier molecular flexibility index (Phi) is 6.88. The van der Waals surface area contributed by atoms with Gasteiger partial charge in [-0.05, 0) is 24.6 Å². The van der Waals surface area contributed by atoms with Crippen LogP contribution in [0.1, 0.15) is 33.3 Å². The first-order chi connectivity index (χ1) is 16.9. The summed E-state index contributed by atoms with van der Waals surface area (Å²) in [5.41, 5.74) is 1.74. The van der Waals surface area contributed by atoms with Crippen LogP contribution < -0.4 is 5.32 Å². The predicted octanol–water partition coefficient (Wildman–Crippen LogP) is 5.33. The Bertz CT molecular complexity index is 1400. The Hall–Kier alpha value is -4.50. The van der Waals surface area contributed by atoms with Gasteiger partial charge in [0.1, 0.15) is 11.3 Å². The first kappa shape index (κ1) is 23.7. The van der Waals surface area contributed by atoms with Gasteiger partial charge in [0.05, 0.1) is 11.5 Å². The fraction of sp³-hybridized carbons (Fsp3) is 0.154. The molecule has 4 aromatic rings. The molecule has 0 fully saturated rings. The van der Waals surface area contributed by atoms with E-state index in [9.17, 15) is 19.7 Å². The van der Waals surface area contributed by atoms with Gasteiger partial charge in [0.2, 0.25) is 11.9 Å². The second-order valence-corrected chi connectivity index (χ2v) is 7.80. The van der Waals surface area contributed by atoms with Gasteiger partial charge in [0, 0.05) is 29.7 Å². The van der Waals surface area contributed by atoms with Gasteiger partial charge in [-0.15, -0.1) is 0 Å². The Morgan fingerprint density at radius 1 is 1.06 bits per heavy atom. The molecule has 0 spiro atoms. The minimum atomic E-state index is -1.40. The number of nitrogens with zero attached hydrogens (tertiary/aromatic N) is 1. The van der Waals surface area contributed by atoms with E-state index in [4.69, 9.17) is 13.9 Å². The van der Waals surface area contributed by atoms with Crippen molar-refractivity contribution in [3.8, 4) is 0 Å². The zero-order valence-corrected chi connectivity index (χ0v) is 19.0. The summed E-state index contributed by atoms with van der Waals surface area (Å²) in [5, 5.41) is 14.7. The maximum absolute atomic E-state index is 13.3. The Balaban J connectivity index is 1.68. The number of fused-ring (bicyclic) bond motifs is 1. The highest BCUT2D eigenvalue weighted by Gasteiger charge is 2.30. The number of nitrogens with one attached hydrogen (secondary N) is 1. The summed E-state index contributed by atoms with van der Waals surface area (Å²) in [4.78, 5) is 37.4. The third kappa shape index (κ3) is 5.04. The number of ether oxygens (including phenoxy) is 2. The molecule has 1 aromatic heterocycles. The van der Waals surface area contributed by atoms with Crippen molar-refractivity contribution in [1.82, 2.24) is 0 Å². The van der Waals surface area contributed by atoms with Gasteiger partial charge >= 0.3 is 5.97 Å². The number of nitro benzene ring substituents is 1. The highest BCUT2D eigenvalue weighted by Crippen LogP contribution is 2.31. The summed E-state index contributed by atoms with van der Waals surface area (Å²) in [6, 6.07) is 19.9. The van der Waals surface area contributed by atoms with E-state index in [1.54, 1.807) is 67.6 Å². The Morgan fingerprint density at radius 3 is 2.49 bits per heavy atom. The minimum absolute atomic E-state index is 0.00797. The number of nitro groups is 1. The maximum atomic E-state index is 13.3. The van der Waals surface area contributed by atoms with E-state index in [1.807, 2.05) is 0 Å². The molecule has 4 rings (SSSR count). The lowest BCUT2D eigenvalue weighted by atomic mass is 10.1. The number of carbonyl (C=O) groups excluding carboxylic acids is 2. The van der Waals surface area contributed by atoms with Crippen LogP contribution in [0, 0.1) is 17.0 Å². The first-order valence-corrected chi connectivity index (χ1v) is 10.7. The topological polar surface area (TPSA) is 121 Å². The van der Waals surface area contributed by atoms with Crippen molar-refractivity contribution in [2.45, 2.75) is 19.6 Å². The molecule has 3 aromatic carbocycles. The molecule has 0 aliphatic rings. The number of furan rings is 1. The number of carbonyl (C=O) groups is 2. The zero-order chi connectivity index (χ0) is 24.9. The molecular weight excluding hydrogens is 452 g/mol. The van der Waals surface area contributed by atoms with Crippen LogP contribution in [-0.4, -0.2) is 23.9 Å². The molecule has 9 heteroatoms. The molecule has 0 aliphatic carbocycles. The summed E-state index contributed by atoms with van der Waals surface area (Å²) in [7, 11) is 1.49. The van der Waals surface area contributed by atoms with E-state index in [-0.39, 0.29) is 23.7 Å². The van der Waals surface area contributed by atoms with E-state index < -0.39 is 22.9 Å². The average Bonchev–Trinajstić information content (AvgIpc) is 3.22. The molecule has 0 aliphatic heterocycles. The quantitative estimate of drug-likeness (QED) is 0.208. The van der Waals surface area contributed by atoms with Crippen LogP contribution in [0.5, 0.6) is 0 Å². The minimum Gasteiger partial charge on any atom is -0.449 e. The number of rotatable bonds is 8. The first-order valence-electron chi connectivity index (χ1n) is 10.7. The normalized spacial score (nSPS) is 11.7. The molecule has 1 heterocycles. The molecular formula is C26H22N2O7. The number of anilines is 1. The van der Waals surface area contributed by atoms with Gasteiger partial charge in [0.25, 0.3) is 11.6 Å². The number of para-hydroxylation sites is 1. The van der Waals surface area contributed by atoms with Crippen LogP contribution in [0.2, 0.25) is 0 Å². The molecule has 1 atom stereocenters. The number of hydrogen-bond acceptors (Lipinski definition) is 7. The van der Waals surface area contributed by atoms with E-state index in [0.29, 0.717) is 27.7 Å². The van der Waals surface area contributed by atoms with Crippen LogP contribution in [0.15, 0.2) is 77.2 Å². The smallest absolute Gasteiger partial charge is 0.375 e. The van der Waals surface area contributed by atoms with Gasteiger partial charge in [-0.3, -0.25) is 14.9 Å². The number of amides is 1. The monoisotopic (exact) mass is 474 g/mol. The van der Waals surface area contributed by atoms with Crippen molar-refractivity contribution >= 4 is 34.2 Å². The van der Waals surface area contributed by atoms with E-state index in [1.165, 1.54) is 19.2 Å².